The fraction of sp³-hybridized carbons (Fsp3) is 0.538. The average Bonchev–Trinajstić information content (AvgIpc) is 2.16. The summed E-state index contributed by atoms with van der Waals surface area (Å²) in [6.07, 6.45) is 0. The molecule has 0 unspecified atom stereocenters. The van der Waals surface area contributed by atoms with Gasteiger partial charge in [0, 0.05) is 11.5 Å². The summed E-state index contributed by atoms with van der Waals surface area (Å²) in [5.41, 5.74) is -0.629. The van der Waals surface area contributed by atoms with E-state index in [1.165, 1.54) is 26.0 Å². The van der Waals surface area contributed by atoms with Crippen LogP contribution in [0.15, 0.2) is 24.3 Å². The Bertz CT molecular complexity index is 364. The lowest BCUT2D eigenvalue weighted by Crippen LogP contribution is -2.23. The van der Waals surface area contributed by atoms with Crippen molar-refractivity contribution in [3.05, 3.63) is 35.4 Å². The molecule has 1 nitrogen and oxygen atoms in total. The van der Waals surface area contributed by atoms with Crippen molar-refractivity contribution in [3.63, 3.8) is 0 Å². The van der Waals surface area contributed by atoms with Crippen LogP contribution in [0.3, 0.4) is 0 Å². The van der Waals surface area contributed by atoms with Gasteiger partial charge in [-0.15, -0.1) is 0 Å². The molecule has 0 aliphatic heterocycles. The van der Waals surface area contributed by atoms with E-state index in [-0.39, 0.29) is 5.56 Å². The maximum absolute atomic E-state index is 13.8. The summed E-state index contributed by atoms with van der Waals surface area (Å²) >= 11 is 0. The topological polar surface area (TPSA) is 20.2 Å². The highest BCUT2D eigenvalue weighted by atomic mass is 19.3. The lowest BCUT2D eigenvalue weighted by molar-refractivity contribution is -0.0516. The Balaban J connectivity index is 3.18. The molecule has 0 heterocycles. The zero-order chi connectivity index (χ0) is 12.6. The van der Waals surface area contributed by atoms with Crippen LogP contribution in [0.2, 0.25) is 0 Å². The third kappa shape index (κ3) is 2.59. The number of halogens is 2. The SMILES string of the molecule is CC(C)C(F)(F)c1cccc(C(C)(C)O)c1. The Hall–Kier alpha value is -0.960. The number of rotatable bonds is 3. The molecule has 0 fully saturated rings. The second-order valence-electron chi connectivity index (χ2n) is 4.92. The van der Waals surface area contributed by atoms with E-state index in [1.807, 2.05) is 0 Å². The molecule has 1 rings (SSSR count). The van der Waals surface area contributed by atoms with Crippen molar-refractivity contribution >= 4 is 0 Å². The van der Waals surface area contributed by atoms with Crippen molar-refractivity contribution < 1.29 is 13.9 Å². The van der Waals surface area contributed by atoms with Crippen molar-refractivity contribution in [2.75, 3.05) is 0 Å². The summed E-state index contributed by atoms with van der Waals surface area (Å²) in [5, 5.41) is 9.77. The molecule has 16 heavy (non-hydrogen) atoms. The predicted molar refractivity (Wildman–Crippen MR) is 60.4 cm³/mol. The maximum Gasteiger partial charge on any atom is 0.275 e. The van der Waals surface area contributed by atoms with Crippen LogP contribution >= 0.6 is 0 Å². The molecular weight excluding hydrogens is 210 g/mol. The summed E-state index contributed by atoms with van der Waals surface area (Å²) in [5.74, 6) is -3.62. The highest BCUT2D eigenvalue weighted by Gasteiger charge is 2.36. The number of hydrogen-bond donors (Lipinski definition) is 1. The Morgan fingerprint density at radius 1 is 1.12 bits per heavy atom. The summed E-state index contributed by atoms with van der Waals surface area (Å²) in [6, 6.07) is 5.98. The largest absolute Gasteiger partial charge is 0.386 e. The van der Waals surface area contributed by atoms with E-state index in [0.29, 0.717) is 5.56 Å². The minimum Gasteiger partial charge on any atom is -0.386 e. The Kier molecular flexibility index (Phi) is 3.38. The van der Waals surface area contributed by atoms with E-state index >= 15 is 0 Å². The molecule has 0 radical (unpaired) electrons. The summed E-state index contributed by atoms with van der Waals surface area (Å²) in [6.45, 7) is 6.13. The van der Waals surface area contributed by atoms with Crippen molar-refractivity contribution in [2.24, 2.45) is 5.92 Å². The quantitative estimate of drug-likeness (QED) is 0.837. The first kappa shape index (κ1) is 13.1. The third-order valence-corrected chi connectivity index (χ3v) is 2.68. The van der Waals surface area contributed by atoms with Gasteiger partial charge in [-0.25, -0.2) is 8.78 Å². The van der Waals surface area contributed by atoms with E-state index in [9.17, 15) is 13.9 Å². The van der Waals surface area contributed by atoms with Gasteiger partial charge in [-0.3, -0.25) is 0 Å². The van der Waals surface area contributed by atoms with Crippen LogP contribution in [0.1, 0.15) is 38.8 Å². The molecule has 1 N–H and O–H groups in total. The van der Waals surface area contributed by atoms with Crippen molar-refractivity contribution in [3.8, 4) is 0 Å². The van der Waals surface area contributed by atoms with E-state index in [1.54, 1.807) is 26.0 Å². The molecule has 0 aromatic heterocycles. The first-order chi connectivity index (χ1) is 7.15. The van der Waals surface area contributed by atoms with Crippen LogP contribution in [-0.2, 0) is 11.5 Å². The van der Waals surface area contributed by atoms with E-state index < -0.39 is 17.4 Å². The van der Waals surface area contributed by atoms with Gasteiger partial charge in [-0.2, -0.15) is 0 Å². The predicted octanol–water partition coefficient (Wildman–Crippen LogP) is 3.66. The lowest BCUT2D eigenvalue weighted by atomic mass is 9.91. The average molecular weight is 228 g/mol. The van der Waals surface area contributed by atoms with Gasteiger partial charge in [0.15, 0.2) is 0 Å². The highest BCUT2D eigenvalue weighted by Crippen LogP contribution is 2.36. The standard InChI is InChI=1S/C13H18F2O/c1-9(2)13(14,15)11-7-5-6-10(8-11)12(3,4)16/h5-9,16H,1-4H3. The van der Waals surface area contributed by atoms with Crippen molar-refractivity contribution in [1.82, 2.24) is 0 Å². The Morgan fingerprint density at radius 3 is 2.06 bits per heavy atom. The zero-order valence-electron chi connectivity index (χ0n) is 10.1. The minimum absolute atomic E-state index is 0.0397. The van der Waals surface area contributed by atoms with Gasteiger partial charge in [0.2, 0.25) is 0 Å². The highest BCUT2D eigenvalue weighted by molar-refractivity contribution is 5.30. The van der Waals surface area contributed by atoms with Crippen LogP contribution in [0, 0.1) is 5.92 Å². The molecule has 0 saturated heterocycles. The number of benzene rings is 1. The second-order valence-corrected chi connectivity index (χ2v) is 4.92. The molecule has 0 atom stereocenters. The van der Waals surface area contributed by atoms with Crippen LogP contribution in [0.4, 0.5) is 8.78 Å². The number of hydrogen-bond acceptors (Lipinski definition) is 1. The van der Waals surface area contributed by atoms with Gasteiger partial charge in [0.1, 0.15) is 0 Å². The lowest BCUT2D eigenvalue weighted by Gasteiger charge is -2.24. The molecule has 0 aliphatic carbocycles. The zero-order valence-corrected chi connectivity index (χ0v) is 10.1. The molecule has 1 aromatic rings. The fourth-order valence-electron chi connectivity index (χ4n) is 1.44. The summed E-state index contributed by atoms with van der Waals surface area (Å²) in [7, 11) is 0. The van der Waals surface area contributed by atoms with E-state index in [2.05, 4.69) is 0 Å². The molecule has 0 saturated carbocycles. The van der Waals surface area contributed by atoms with Gasteiger partial charge < -0.3 is 5.11 Å². The summed E-state index contributed by atoms with van der Waals surface area (Å²) in [4.78, 5) is 0. The second kappa shape index (κ2) is 4.13. The smallest absolute Gasteiger partial charge is 0.275 e. The fourth-order valence-corrected chi connectivity index (χ4v) is 1.44. The van der Waals surface area contributed by atoms with Crippen LogP contribution in [0.5, 0.6) is 0 Å². The van der Waals surface area contributed by atoms with Crippen LogP contribution in [0.25, 0.3) is 0 Å². The Morgan fingerprint density at radius 2 is 1.62 bits per heavy atom. The Labute approximate surface area is 95.1 Å². The molecular formula is C13H18F2O. The first-order valence-electron chi connectivity index (χ1n) is 5.37. The minimum atomic E-state index is -2.86. The van der Waals surface area contributed by atoms with E-state index in [0.717, 1.165) is 0 Å². The number of alkyl halides is 2. The normalized spacial score (nSPS) is 13.2. The monoisotopic (exact) mass is 228 g/mol. The molecule has 0 aliphatic rings. The molecule has 90 valence electrons. The van der Waals surface area contributed by atoms with Crippen molar-refractivity contribution in [1.29, 1.82) is 0 Å². The van der Waals surface area contributed by atoms with Crippen LogP contribution < -0.4 is 0 Å². The molecule has 0 spiro atoms. The van der Waals surface area contributed by atoms with Gasteiger partial charge in [-0.05, 0) is 25.5 Å². The van der Waals surface area contributed by atoms with Gasteiger partial charge in [0.05, 0.1) is 5.60 Å². The molecule has 0 amide bonds. The summed E-state index contributed by atoms with van der Waals surface area (Å²) < 4.78 is 27.5. The van der Waals surface area contributed by atoms with Crippen molar-refractivity contribution in [2.45, 2.75) is 39.2 Å². The number of aliphatic hydroxyl groups is 1. The molecule has 1 aromatic carbocycles. The van der Waals surface area contributed by atoms with Gasteiger partial charge in [0.25, 0.3) is 5.92 Å². The van der Waals surface area contributed by atoms with E-state index in [4.69, 9.17) is 0 Å². The molecule has 3 heteroatoms. The molecule has 0 bridgehead atoms. The first-order valence-corrected chi connectivity index (χ1v) is 5.37. The maximum atomic E-state index is 13.8. The van der Waals surface area contributed by atoms with Gasteiger partial charge >= 0.3 is 0 Å². The van der Waals surface area contributed by atoms with Gasteiger partial charge in [-0.1, -0.05) is 32.0 Å². The third-order valence-electron chi connectivity index (χ3n) is 2.68. The van der Waals surface area contributed by atoms with Crippen LogP contribution in [-0.4, -0.2) is 5.11 Å².